The molecule has 2 heteroatoms. The van der Waals surface area contributed by atoms with Gasteiger partial charge in [0, 0.05) is 0 Å². The maximum atomic E-state index is 11.2. The summed E-state index contributed by atoms with van der Waals surface area (Å²) in [7, 11) is 0. The lowest BCUT2D eigenvalue weighted by Gasteiger charge is -2.08. The summed E-state index contributed by atoms with van der Waals surface area (Å²) in [5.41, 5.74) is 7.77. The third-order valence-corrected chi connectivity index (χ3v) is 4.58. The molecule has 1 aromatic carbocycles. The van der Waals surface area contributed by atoms with Gasteiger partial charge >= 0.3 is 5.97 Å². The monoisotopic (exact) mass is 322 g/mol. The molecule has 0 atom stereocenters. The molecule has 0 amide bonds. The van der Waals surface area contributed by atoms with E-state index in [1.807, 2.05) is 26.8 Å². The Bertz CT molecular complexity index is 754. The number of benzene rings is 1. The second-order valence-electron chi connectivity index (χ2n) is 6.59. The van der Waals surface area contributed by atoms with E-state index < -0.39 is 5.97 Å². The van der Waals surface area contributed by atoms with Crippen molar-refractivity contribution in [1.82, 2.24) is 0 Å². The Morgan fingerprint density at radius 3 is 2.25 bits per heavy atom. The molecule has 1 N–H and O–H groups in total. The van der Waals surface area contributed by atoms with E-state index in [-0.39, 0.29) is 6.42 Å². The van der Waals surface area contributed by atoms with E-state index in [9.17, 15) is 9.90 Å². The van der Waals surface area contributed by atoms with E-state index in [2.05, 4.69) is 50.3 Å². The molecule has 1 aromatic rings. The highest BCUT2D eigenvalue weighted by Crippen LogP contribution is 2.40. The van der Waals surface area contributed by atoms with Gasteiger partial charge in [0.2, 0.25) is 0 Å². The summed E-state index contributed by atoms with van der Waals surface area (Å²) in [6.07, 6.45) is 6.31. The van der Waals surface area contributed by atoms with Gasteiger partial charge in [0.05, 0.1) is 6.42 Å². The molecule has 0 radical (unpaired) electrons. The minimum absolute atomic E-state index is 0.0718. The molecule has 0 fully saturated rings. The first-order valence-corrected chi connectivity index (χ1v) is 8.43. The summed E-state index contributed by atoms with van der Waals surface area (Å²) in [5, 5.41) is 9.19. The van der Waals surface area contributed by atoms with Crippen molar-refractivity contribution in [3.8, 4) is 0 Å². The average molecular weight is 322 g/mol. The molecule has 0 saturated carbocycles. The van der Waals surface area contributed by atoms with Gasteiger partial charge in [-0.1, -0.05) is 50.3 Å². The van der Waals surface area contributed by atoms with Crippen LogP contribution in [0, 0.1) is 0 Å². The molecule has 0 aliphatic heterocycles. The SMILES string of the molecule is C/C=C\C1=C(C)C(CC(=O)O)=C(C)/C1=C/c1ccc(C(C)C)cc1. The van der Waals surface area contributed by atoms with Crippen molar-refractivity contribution in [3.63, 3.8) is 0 Å². The zero-order valence-electron chi connectivity index (χ0n) is 15.2. The minimum Gasteiger partial charge on any atom is -0.481 e. The highest BCUT2D eigenvalue weighted by atomic mass is 16.4. The number of hydrogen-bond acceptors (Lipinski definition) is 1. The van der Waals surface area contributed by atoms with Gasteiger partial charge in [0.1, 0.15) is 0 Å². The van der Waals surface area contributed by atoms with Crippen molar-refractivity contribution >= 4 is 12.0 Å². The lowest BCUT2D eigenvalue weighted by atomic mass is 9.97. The number of carboxylic acid groups (broad SMARTS) is 1. The van der Waals surface area contributed by atoms with Gasteiger partial charge in [0.15, 0.2) is 0 Å². The maximum Gasteiger partial charge on any atom is 0.307 e. The number of carbonyl (C=O) groups is 1. The lowest BCUT2D eigenvalue weighted by Crippen LogP contribution is -1.98. The van der Waals surface area contributed by atoms with Gasteiger partial charge in [-0.15, -0.1) is 0 Å². The fourth-order valence-corrected chi connectivity index (χ4v) is 3.14. The molecular formula is C22H26O2. The van der Waals surface area contributed by atoms with Crippen LogP contribution in [0.3, 0.4) is 0 Å². The third-order valence-electron chi connectivity index (χ3n) is 4.58. The van der Waals surface area contributed by atoms with Gasteiger partial charge in [-0.2, -0.15) is 0 Å². The molecule has 0 saturated heterocycles. The molecule has 0 bridgehead atoms. The van der Waals surface area contributed by atoms with Crippen LogP contribution >= 0.6 is 0 Å². The van der Waals surface area contributed by atoms with Crippen LogP contribution in [0.15, 0.2) is 64.3 Å². The van der Waals surface area contributed by atoms with Crippen molar-refractivity contribution in [3.05, 3.63) is 75.4 Å². The first kappa shape index (κ1) is 18.0. The summed E-state index contributed by atoms with van der Waals surface area (Å²) < 4.78 is 0. The molecule has 1 aliphatic carbocycles. The van der Waals surface area contributed by atoms with E-state index in [0.717, 1.165) is 33.4 Å². The number of aliphatic carboxylic acids is 1. The molecular weight excluding hydrogens is 296 g/mol. The summed E-state index contributed by atoms with van der Waals surface area (Å²) >= 11 is 0. The molecule has 0 spiro atoms. The van der Waals surface area contributed by atoms with Gasteiger partial charge in [-0.05, 0) is 71.8 Å². The largest absolute Gasteiger partial charge is 0.481 e. The summed E-state index contributed by atoms with van der Waals surface area (Å²) in [6.45, 7) is 10.4. The Kier molecular flexibility index (Phi) is 5.61. The first-order valence-electron chi connectivity index (χ1n) is 8.43. The predicted octanol–water partition coefficient (Wildman–Crippen LogP) is 5.89. The number of hydrogen-bond donors (Lipinski definition) is 1. The second kappa shape index (κ2) is 7.48. The van der Waals surface area contributed by atoms with Crippen LogP contribution < -0.4 is 0 Å². The van der Waals surface area contributed by atoms with Crippen LogP contribution in [0.1, 0.15) is 58.1 Å². The first-order chi connectivity index (χ1) is 11.3. The molecule has 1 aliphatic rings. The maximum absolute atomic E-state index is 11.2. The van der Waals surface area contributed by atoms with E-state index >= 15 is 0 Å². The normalized spacial score (nSPS) is 17.0. The molecule has 24 heavy (non-hydrogen) atoms. The Morgan fingerprint density at radius 1 is 1.12 bits per heavy atom. The lowest BCUT2D eigenvalue weighted by molar-refractivity contribution is -0.136. The molecule has 126 valence electrons. The standard InChI is InChI=1S/C22H26O2/c1-6-7-19-15(4)20(13-22(23)24)16(5)21(19)12-17-8-10-18(11-9-17)14(2)3/h6-12,14H,13H2,1-5H3,(H,23,24)/b7-6-,21-12-. The predicted molar refractivity (Wildman–Crippen MR) is 101 cm³/mol. The van der Waals surface area contributed by atoms with Crippen LogP contribution in [-0.2, 0) is 4.79 Å². The Hall–Kier alpha value is -2.35. The van der Waals surface area contributed by atoms with Crippen LogP contribution in [0.4, 0.5) is 0 Å². The Labute approximate surface area is 144 Å². The number of allylic oxidation sites excluding steroid dienone is 6. The zero-order chi connectivity index (χ0) is 17.9. The Balaban J connectivity index is 2.49. The van der Waals surface area contributed by atoms with Crippen LogP contribution in [0.5, 0.6) is 0 Å². The summed E-state index contributed by atoms with van der Waals surface area (Å²) in [4.78, 5) is 11.2. The highest BCUT2D eigenvalue weighted by Gasteiger charge is 2.23. The van der Waals surface area contributed by atoms with Crippen LogP contribution in [-0.4, -0.2) is 11.1 Å². The fourth-order valence-electron chi connectivity index (χ4n) is 3.14. The fraction of sp³-hybridized carbons (Fsp3) is 0.318. The topological polar surface area (TPSA) is 37.3 Å². The Morgan fingerprint density at radius 2 is 1.75 bits per heavy atom. The third kappa shape index (κ3) is 3.76. The van der Waals surface area contributed by atoms with E-state index in [4.69, 9.17) is 0 Å². The minimum atomic E-state index is -0.786. The van der Waals surface area contributed by atoms with Crippen molar-refractivity contribution < 1.29 is 9.90 Å². The van der Waals surface area contributed by atoms with E-state index in [1.165, 1.54) is 5.56 Å². The van der Waals surface area contributed by atoms with Gasteiger partial charge in [-0.3, -0.25) is 4.79 Å². The van der Waals surface area contributed by atoms with Crippen molar-refractivity contribution in [2.75, 3.05) is 0 Å². The molecule has 2 rings (SSSR count). The number of rotatable bonds is 5. The molecule has 0 unspecified atom stereocenters. The zero-order valence-corrected chi connectivity index (χ0v) is 15.2. The summed E-state index contributed by atoms with van der Waals surface area (Å²) in [5.74, 6) is -0.270. The second-order valence-corrected chi connectivity index (χ2v) is 6.59. The van der Waals surface area contributed by atoms with E-state index in [1.54, 1.807) is 0 Å². The average Bonchev–Trinajstić information content (AvgIpc) is 2.73. The van der Waals surface area contributed by atoms with Gasteiger partial charge in [-0.25, -0.2) is 0 Å². The van der Waals surface area contributed by atoms with Gasteiger partial charge in [0.25, 0.3) is 0 Å². The highest BCUT2D eigenvalue weighted by molar-refractivity contribution is 5.80. The smallest absolute Gasteiger partial charge is 0.307 e. The van der Waals surface area contributed by atoms with Crippen molar-refractivity contribution in [1.29, 1.82) is 0 Å². The van der Waals surface area contributed by atoms with Crippen molar-refractivity contribution in [2.45, 2.75) is 47.0 Å². The molecule has 2 nitrogen and oxygen atoms in total. The summed E-state index contributed by atoms with van der Waals surface area (Å²) in [6, 6.07) is 8.59. The van der Waals surface area contributed by atoms with Gasteiger partial charge < -0.3 is 5.11 Å². The molecule has 0 heterocycles. The van der Waals surface area contributed by atoms with Crippen LogP contribution in [0.25, 0.3) is 6.08 Å². The molecule has 0 aromatic heterocycles. The van der Waals surface area contributed by atoms with Crippen molar-refractivity contribution in [2.24, 2.45) is 0 Å². The van der Waals surface area contributed by atoms with E-state index in [0.29, 0.717) is 5.92 Å². The number of carboxylic acids is 1. The van der Waals surface area contributed by atoms with Crippen LogP contribution in [0.2, 0.25) is 0 Å². The quantitative estimate of drug-likeness (QED) is 0.733.